The average Bonchev–Trinajstić information content (AvgIpc) is 2.90. The Morgan fingerprint density at radius 2 is 2.00 bits per heavy atom. The number of nitrogens with one attached hydrogen (secondary N) is 1. The van der Waals surface area contributed by atoms with Gasteiger partial charge >= 0.3 is 0 Å². The highest BCUT2D eigenvalue weighted by Crippen LogP contribution is 2.23. The lowest BCUT2D eigenvalue weighted by atomic mass is 10.4. The Morgan fingerprint density at radius 1 is 1.31 bits per heavy atom. The van der Waals surface area contributed by atoms with E-state index in [-0.39, 0.29) is 0 Å². The Hall–Kier alpha value is -0.540. The number of thioether (sulfide) groups is 1. The van der Waals surface area contributed by atoms with Gasteiger partial charge in [0, 0.05) is 10.9 Å². The maximum atomic E-state index is 5.20. The SMILES string of the molecule is S=C(NC1CC1)Sc1ccccc1. The lowest BCUT2D eigenvalue weighted by molar-refractivity contribution is 0.933. The highest BCUT2D eigenvalue weighted by molar-refractivity contribution is 8.23. The first kappa shape index (κ1) is 9.03. The van der Waals surface area contributed by atoms with Gasteiger partial charge in [0.1, 0.15) is 4.32 Å². The van der Waals surface area contributed by atoms with Crippen LogP contribution in [-0.4, -0.2) is 10.4 Å². The van der Waals surface area contributed by atoms with Gasteiger partial charge < -0.3 is 5.32 Å². The number of rotatable bonds is 2. The van der Waals surface area contributed by atoms with Crippen molar-refractivity contribution in [3.05, 3.63) is 30.3 Å². The smallest absolute Gasteiger partial charge is 0.138 e. The summed E-state index contributed by atoms with van der Waals surface area (Å²) >= 11 is 6.84. The molecule has 1 aliphatic carbocycles. The van der Waals surface area contributed by atoms with Gasteiger partial charge in [-0.25, -0.2) is 0 Å². The Morgan fingerprint density at radius 3 is 2.62 bits per heavy atom. The van der Waals surface area contributed by atoms with Crippen LogP contribution in [0.1, 0.15) is 12.8 Å². The van der Waals surface area contributed by atoms with Crippen LogP contribution < -0.4 is 5.32 Å². The average molecular weight is 209 g/mol. The van der Waals surface area contributed by atoms with Crippen molar-refractivity contribution in [2.45, 2.75) is 23.8 Å². The third-order valence-corrected chi connectivity index (χ3v) is 3.03. The Balaban J connectivity index is 1.86. The van der Waals surface area contributed by atoms with E-state index in [1.54, 1.807) is 11.8 Å². The summed E-state index contributed by atoms with van der Waals surface area (Å²) in [6, 6.07) is 10.9. The Labute approximate surface area is 87.9 Å². The molecule has 2 rings (SSSR count). The maximum Gasteiger partial charge on any atom is 0.138 e. The maximum absolute atomic E-state index is 5.20. The molecule has 0 atom stereocenters. The molecular formula is C10H11NS2. The van der Waals surface area contributed by atoms with Crippen LogP contribution >= 0.6 is 24.0 Å². The van der Waals surface area contributed by atoms with E-state index in [9.17, 15) is 0 Å². The lowest BCUT2D eigenvalue weighted by Crippen LogP contribution is -2.20. The van der Waals surface area contributed by atoms with Crippen molar-refractivity contribution in [2.75, 3.05) is 0 Å². The van der Waals surface area contributed by atoms with Gasteiger partial charge in [-0.2, -0.15) is 0 Å². The van der Waals surface area contributed by atoms with Crippen molar-refractivity contribution in [3.8, 4) is 0 Å². The summed E-state index contributed by atoms with van der Waals surface area (Å²) < 4.78 is 0.897. The number of hydrogen-bond donors (Lipinski definition) is 1. The van der Waals surface area contributed by atoms with Crippen molar-refractivity contribution < 1.29 is 0 Å². The first-order valence-electron chi connectivity index (χ1n) is 4.38. The summed E-state index contributed by atoms with van der Waals surface area (Å²) in [5.74, 6) is 0. The van der Waals surface area contributed by atoms with Crippen LogP contribution in [-0.2, 0) is 0 Å². The minimum atomic E-state index is 0.656. The van der Waals surface area contributed by atoms with E-state index >= 15 is 0 Å². The molecule has 68 valence electrons. The van der Waals surface area contributed by atoms with E-state index in [0.29, 0.717) is 6.04 Å². The predicted octanol–water partition coefficient (Wildman–Crippen LogP) is 2.82. The molecule has 1 saturated carbocycles. The predicted molar refractivity (Wildman–Crippen MR) is 61.1 cm³/mol. The summed E-state index contributed by atoms with van der Waals surface area (Å²) in [6.07, 6.45) is 2.55. The topological polar surface area (TPSA) is 12.0 Å². The number of thiocarbonyl (C=S) groups is 1. The molecule has 1 nitrogen and oxygen atoms in total. The second-order valence-electron chi connectivity index (χ2n) is 3.12. The van der Waals surface area contributed by atoms with Crippen LogP contribution in [0.5, 0.6) is 0 Å². The summed E-state index contributed by atoms with van der Waals surface area (Å²) in [4.78, 5) is 1.21. The van der Waals surface area contributed by atoms with Crippen molar-refractivity contribution in [1.82, 2.24) is 5.32 Å². The van der Waals surface area contributed by atoms with Crippen LogP contribution in [0.3, 0.4) is 0 Å². The van der Waals surface area contributed by atoms with Crippen LogP contribution in [0.2, 0.25) is 0 Å². The normalized spacial score (nSPS) is 15.4. The van der Waals surface area contributed by atoms with E-state index in [0.717, 1.165) is 4.32 Å². The first-order valence-corrected chi connectivity index (χ1v) is 5.60. The standard InChI is InChI=1S/C10H11NS2/c12-10(11-8-6-7-8)13-9-4-2-1-3-5-9/h1-5,8H,6-7H2,(H,11,12). The minimum Gasteiger partial charge on any atom is -0.368 e. The zero-order chi connectivity index (χ0) is 9.10. The van der Waals surface area contributed by atoms with Gasteiger partial charge in [0.15, 0.2) is 0 Å². The molecule has 0 aromatic heterocycles. The monoisotopic (exact) mass is 209 g/mol. The summed E-state index contributed by atoms with van der Waals surface area (Å²) in [7, 11) is 0. The summed E-state index contributed by atoms with van der Waals surface area (Å²) in [5, 5.41) is 3.30. The summed E-state index contributed by atoms with van der Waals surface area (Å²) in [5.41, 5.74) is 0. The molecule has 0 bridgehead atoms. The highest BCUT2D eigenvalue weighted by Gasteiger charge is 2.21. The molecule has 1 fully saturated rings. The fourth-order valence-electron chi connectivity index (χ4n) is 1.02. The molecule has 0 aliphatic heterocycles. The molecule has 1 aliphatic rings. The van der Waals surface area contributed by atoms with Crippen molar-refractivity contribution in [1.29, 1.82) is 0 Å². The van der Waals surface area contributed by atoms with Crippen LogP contribution in [0.15, 0.2) is 35.2 Å². The Kier molecular flexibility index (Phi) is 2.86. The van der Waals surface area contributed by atoms with Crippen molar-refractivity contribution >= 4 is 28.3 Å². The molecule has 1 aromatic rings. The summed E-state index contributed by atoms with van der Waals surface area (Å²) in [6.45, 7) is 0. The van der Waals surface area contributed by atoms with Gasteiger partial charge in [0.25, 0.3) is 0 Å². The molecule has 0 saturated heterocycles. The zero-order valence-electron chi connectivity index (χ0n) is 7.19. The van der Waals surface area contributed by atoms with Gasteiger partial charge in [-0.3, -0.25) is 0 Å². The molecule has 0 amide bonds. The lowest BCUT2D eigenvalue weighted by Gasteiger charge is -2.04. The molecular weight excluding hydrogens is 198 g/mol. The molecule has 0 unspecified atom stereocenters. The largest absolute Gasteiger partial charge is 0.368 e. The van der Waals surface area contributed by atoms with E-state index in [4.69, 9.17) is 12.2 Å². The molecule has 1 aromatic carbocycles. The van der Waals surface area contributed by atoms with Gasteiger partial charge in [0.05, 0.1) is 0 Å². The molecule has 0 radical (unpaired) electrons. The van der Waals surface area contributed by atoms with Gasteiger partial charge in [-0.1, -0.05) is 42.2 Å². The molecule has 1 N–H and O–H groups in total. The van der Waals surface area contributed by atoms with Gasteiger partial charge in [-0.05, 0) is 25.0 Å². The fourth-order valence-corrected chi connectivity index (χ4v) is 2.21. The van der Waals surface area contributed by atoms with E-state index < -0.39 is 0 Å². The third kappa shape index (κ3) is 3.01. The van der Waals surface area contributed by atoms with E-state index in [1.165, 1.54) is 17.7 Å². The number of benzene rings is 1. The molecule has 3 heteroatoms. The third-order valence-electron chi connectivity index (χ3n) is 1.85. The molecule has 0 heterocycles. The molecule has 13 heavy (non-hydrogen) atoms. The van der Waals surface area contributed by atoms with Crippen LogP contribution in [0, 0.1) is 0 Å². The van der Waals surface area contributed by atoms with E-state index in [2.05, 4.69) is 17.4 Å². The van der Waals surface area contributed by atoms with Crippen LogP contribution in [0.4, 0.5) is 0 Å². The van der Waals surface area contributed by atoms with Gasteiger partial charge in [0.2, 0.25) is 0 Å². The van der Waals surface area contributed by atoms with Crippen molar-refractivity contribution in [3.63, 3.8) is 0 Å². The zero-order valence-corrected chi connectivity index (χ0v) is 8.83. The van der Waals surface area contributed by atoms with Gasteiger partial charge in [-0.15, -0.1) is 0 Å². The quantitative estimate of drug-likeness (QED) is 0.594. The van der Waals surface area contributed by atoms with E-state index in [1.807, 2.05) is 18.2 Å². The fraction of sp³-hybridized carbons (Fsp3) is 0.300. The van der Waals surface area contributed by atoms with Crippen LogP contribution in [0.25, 0.3) is 0 Å². The minimum absolute atomic E-state index is 0.656. The first-order chi connectivity index (χ1) is 6.34. The molecule has 0 spiro atoms. The van der Waals surface area contributed by atoms with Crippen molar-refractivity contribution in [2.24, 2.45) is 0 Å². The second-order valence-corrected chi connectivity index (χ2v) is 4.87. The number of hydrogen-bond acceptors (Lipinski definition) is 2. The second kappa shape index (κ2) is 4.11. The Bertz CT molecular complexity index is 293. The highest BCUT2D eigenvalue weighted by atomic mass is 32.2.